The number of allylic oxidation sites excluding steroid dienone is 1. The Labute approximate surface area is 162 Å². The summed E-state index contributed by atoms with van der Waals surface area (Å²) in [5.41, 5.74) is 0.458. The first-order valence-electron chi connectivity index (χ1n) is 10.7. The van der Waals surface area contributed by atoms with E-state index < -0.39 is 5.60 Å². The van der Waals surface area contributed by atoms with Gasteiger partial charge in [-0.3, -0.25) is 9.59 Å². The fourth-order valence-corrected chi connectivity index (χ4v) is 7.77. The molecule has 0 aromatic carbocycles. The van der Waals surface area contributed by atoms with E-state index >= 15 is 0 Å². The van der Waals surface area contributed by atoms with Crippen LogP contribution in [0.2, 0.25) is 0 Å². The monoisotopic (exact) mass is 374 g/mol. The van der Waals surface area contributed by atoms with Crippen LogP contribution >= 0.6 is 0 Å². The number of ketones is 1. The first-order valence-corrected chi connectivity index (χ1v) is 10.7. The minimum absolute atomic E-state index is 0.0181. The van der Waals surface area contributed by atoms with E-state index in [1.54, 1.807) is 6.92 Å². The predicted molar refractivity (Wildman–Crippen MR) is 103 cm³/mol. The molecule has 4 nitrogen and oxygen atoms in total. The molecule has 27 heavy (non-hydrogen) atoms. The zero-order valence-electron chi connectivity index (χ0n) is 17.2. The normalized spacial score (nSPS) is 48.7. The van der Waals surface area contributed by atoms with Crippen molar-refractivity contribution in [2.75, 3.05) is 0 Å². The Morgan fingerprint density at radius 1 is 1.04 bits per heavy atom. The summed E-state index contributed by atoms with van der Waals surface area (Å²) < 4.78 is 5.83. The summed E-state index contributed by atoms with van der Waals surface area (Å²) in [5.74, 6) is 1.31. The highest BCUT2D eigenvalue weighted by Crippen LogP contribution is 2.68. The molecular weight excluding hydrogens is 340 g/mol. The van der Waals surface area contributed by atoms with Crippen LogP contribution in [0.4, 0.5) is 0 Å². The standard InChI is InChI=1S/C23H34O4/c1-14(24)23(27-15(2)25)12-9-20-18-6-5-16-13-17(26)7-10-21(16,3)19(18)8-11-22(20,23)4/h13,17-20,26H,5-12H2,1-4H3. The van der Waals surface area contributed by atoms with Crippen molar-refractivity contribution in [2.24, 2.45) is 28.6 Å². The summed E-state index contributed by atoms with van der Waals surface area (Å²) in [6.07, 6.45) is 9.62. The molecule has 0 amide bonds. The van der Waals surface area contributed by atoms with Crippen LogP contribution in [-0.2, 0) is 14.3 Å². The number of carbonyl (C=O) groups is 2. The van der Waals surface area contributed by atoms with E-state index in [1.807, 2.05) is 0 Å². The highest BCUT2D eigenvalue weighted by Gasteiger charge is 2.67. The molecule has 0 saturated heterocycles. The molecule has 0 aromatic heterocycles. The number of carbonyl (C=O) groups excluding carboxylic acids is 2. The van der Waals surface area contributed by atoms with E-state index in [0.29, 0.717) is 24.2 Å². The zero-order valence-corrected chi connectivity index (χ0v) is 17.2. The van der Waals surface area contributed by atoms with Gasteiger partial charge in [0.1, 0.15) is 0 Å². The number of aliphatic hydroxyl groups is 1. The van der Waals surface area contributed by atoms with Gasteiger partial charge < -0.3 is 9.84 Å². The van der Waals surface area contributed by atoms with Gasteiger partial charge in [-0.15, -0.1) is 0 Å². The van der Waals surface area contributed by atoms with Crippen LogP contribution in [0.5, 0.6) is 0 Å². The van der Waals surface area contributed by atoms with Crippen molar-refractivity contribution in [1.29, 1.82) is 0 Å². The Hall–Kier alpha value is -1.16. The third kappa shape index (κ3) is 2.51. The van der Waals surface area contributed by atoms with E-state index in [-0.39, 0.29) is 28.7 Å². The van der Waals surface area contributed by atoms with Crippen molar-refractivity contribution in [2.45, 2.75) is 90.8 Å². The largest absolute Gasteiger partial charge is 0.451 e. The van der Waals surface area contributed by atoms with Gasteiger partial charge in [0.2, 0.25) is 0 Å². The van der Waals surface area contributed by atoms with Crippen molar-refractivity contribution >= 4 is 11.8 Å². The number of esters is 1. The topological polar surface area (TPSA) is 63.6 Å². The fraction of sp³-hybridized carbons (Fsp3) is 0.826. The summed E-state index contributed by atoms with van der Waals surface area (Å²) in [7, 11) is 0. The van der Waals surface area contributed by atoms with Crippen molar-refractivity contribution in [3.05, 3.63) is 11.6 Å². The lowest BCUT2D eigenvalue weighted by Gasteiger charge is -2.59. The van der Waals surface area contributed by atoms with Crippen LogP contribution in [-0.4, -0.2) is 28.6 Å². The van der Waals surface area contributed by atoms with E-state index in [1.165, 1.54) is 12.5 Å². The molecule has 7 unspecified atom stereocenters. The Kier molecular flexibility index (Phi) is 4.38. The number of fused-ring (bicyclic) bond motifs is 5. The molecule has 3 fully saturated rings. The molecule has 0 heterocycles. The Morgan fingerprint density at radius 2 is 1.74 bits per heavy atom. The van der Waals surface area contributed by atoms with Gasteiger partial charge in [-0.25, -0.2) is 0 Å². The Morgan fingerprint density at radius 3 is 2.41 bits per heavy atom. The van der Waals surface area contributed by atoms with Crippen molar-refractivity contribution in [1.82, 2.24) is 0 Å². The van der Waals surface area contributed by atoms with E-state index in [9.17, 15) is 14.7 Å². The van der Waals surface area contributed by atoms with Crippen LogP contribution in [0, 0.1) is 28.6 Å². The summed E-state index contributed by atoms with van der Waals surface area (Å²) in [6, 6.07) is 0. The van der Waals surface area contributed by atoms with Gasteiger partial charge in [-0.2, -0.15) is 0 Å². The molecule has 0 aromatic rings. The van der Waals surface area contributed by atoms with Crippen LogP contribution in [0.1, 0.15) is 79.1 Å². The molecule has 3 saturated carbocycles. The Bertz CT molecular complexity index is 696. The van der Waals surface area contributed by atoms with Gasteiger partial charge in [-0.1, -0.05) is 25.5 Å². The third-order valence-electron chi connectivity index (χ3n) is 9.10. The third-order valence-corrected chi connectivity index (χ3v) is 9.10. The molecule has 4 aliphatic carbocycles. The molecule has 0 spiro atoms. The van der Waals surface area contributed by atoms with Crippen LogP contribution in [0.15, 0.2) is 11.6 Å². The Balaban J connectivity index is 1.69. The fourth-order valence-electron chi connectivity index (χ4n) is 7.77. The lowest BCUT2D eigenvalue weighted by Crippen LogP contribution is -2.58. The number of hydrogen-bond donors (Lipinski definition) is 1. The second-order valence-corrected chi connectivity index (χ2v) is 10.1. The van der Waals surface area contributed by atoms with Crippen LogP contribution in [0.25, 0.3) is 0 Å². The molecule has 150 valence electrons. The number of hydrogen-bond acceptors (Lipinski definition) is 4. The highest BCUT2D eigenvalue weighted by atomic mass is 16.6. The zero-order chi connectivity index (χ0) is 19.6. The van der Waals surface area contributed by atoms with Crippen molar-refractivity contribution in [3.8, 4) is 0 Å². The second kappa shape index (κ2) is 6.17. The maximum Gasteiger partial charge on any atom is 0.303 e. The smallest absolute Gasteiger partial charge is 0.303 e. The maximum atomic E-state index is 12.7. The minimum atomic E-state index is -0.936. The van der Waals surface area contributed by atoms with Gasteiger partial charge in [0.05, 0.1) is 6.10 Å². The molecule has 1 N–H and O–H groups in total. The minimum Gasteiger partial charge on any atom is -0.451 e. The van der Waals surface area contributed by atoms with Gasteiger partial charge in [0, 0.05) is 12.3 Å². The van der Waals surface area contributed by atoms with Crippen molar-refractivity contribution in [3.63, 3.8) is 0 Å². The highest BCUT2D eigenvalue weighted by molar-refractivity contribution is 5.89. The molecule has 0 aliphatic heterocycles. The maximum absolute atomic E-state index is 12.7. The van der Waals surface area contributed by atoms with Crippen LogP contribution < -0.4 is 0 Å². The van der Waals surface area contributed by atoms with E-state index in [2.05, 4.69) is 19.9 Å². The molecule has 4 heteroatoms. The van der Waals surface area contributed by atoms with Gasteiger partial charge >= 0.3 is 5.97 Å². The SMILES string of the molecule is CC(=O)OC1(C(C)=O)CCC2C3CCC4=CC(O)CCC4(C)C3CCC21C. The summed E-state index contributed by atoms with van der Waals surface area (Å²) in [6.45, 7) is 7.65. The van der Waals surface area contributed by atoms with E-state index in [4.69, 9.17) is 4.74 Å². The quantitative estimate of drug-likeness (QED) is 0.581. The molecule has 4 rings (SSSR count). The molecule has 0 radical (unpaired) electrons. The van der Waals surface area contributed by atoms with Gasteiger partial charge in [0.25, 0.3) is 0 Å². The lowest BCUT2D eigenvalue weighted by atomic mass is 9.46. The summed E-state index contributed by atoms with van der Waals surface area (Å²) >= 11 is 0. The van der Waals surface area contributed by atoms with Gasteiger partial charge in [0.15, 0.2) is 11.4 Å². The van der Waals surface area contributed by atoms with Crippen LogP contribution in [0.3, 0.4) is 0 Å². The molecule has 7 atom stereocenters. The van der Waals surface area contributed by atoms with E-state index in [0.717, 1.165) is 44.9 Å². The number of ether oxygens (including phenoxy) is 1. The van der Waals surface area contributed by atoms with Crippen molar-refractivity contribution < 1.29 is 19.4 Å². The number of Topliss-reactive ketones (excluding diaryl/α,β-unsaturated/α-hetero) is 1. The summed E-state index contributed by atoms with van der Waals surface area (Å²) in [5, 5.41) is 10.1. The average Bonchev–Trinajstić information content (AvgIpc) is 2.89. The number of rotatable bonds is 2. The first-order chi connectivity index (χ1) is 12.6. The summed E-state index contributed by atoms with van der Waals surface area (Å²) in [4.78, 5) is 24.6. The lowest BCUT2D eigenvalue weighted by molar-refractivity contribution is -0.187. The molecular formula is C23H34O4. The molecule has 0 bridgehead atoms. The average molecular weight is 375 g/mol. The predicted octanol–water partition coefficient (Wildman–Crippen LogP) is 4.20. The second-order valence-electron chi connectivity index (χ2n) is 10.1. The van der Waals surface area contributed by atoms with Gasteiger partial charge in [-0.05, 0) is 81.5 Å². The molecule has 4 aliphatic rings. The number of aliphatic hydroxyl groups excluding tert-OH is 1. The first kappa shape index (κ1) is 19.2.